The molecule has 0 radical (unpaired) electrons. The van der Waals surface area contributed by atoms with E-state index in [0.717, 1.165) is 22.5 Å². The van der Waals surface area contributed by atoms with Gasteiger partial charge in [-0.05, 0) is 50.2 Å². The van der Waals surface area contributed by atoms with Gasteiger partial charge in [-0.2, -0.15) is 0 Å². The fourth-order valence-corrected chi connectivity index (χ4v) is 3.26. The van der Waals surface area contributed by atoms with Gasteiger partial charge in [-0.3, -0.25) is 5.41 Å². The Morgan fingerprint density at radius 2 is 1.86 bits per heavy atom. The highest BCUT2D eigenvalue weighted by Crippen LogP contribution is 2.32. The van der Waals surface area contributed by atoms with Crippen molar-refractivity contribution in [3.05, 3.63) is 54.0 Å². The van der Waals surface area contributed by atoms with Crippen molar-refractivity contribution in [2.75, 3.05) is 18.6 Å². The summed E-state index contributed by atoms with van der Waals surface area (Å²) in [4.78, 5) is 9.44. The molecular weight excluding hydrogens is 356 g/mol. The largest absolute Gasteiger partial charge is 0.509 e. The maximum absolute atomic E-state index is 10.5. The van der Waals surface area contributed by atoms with Gasteiger partial charge in [0, 0.05) is 11.8 Å². The van der Waals surface area contributed by atoms with Crippen LogP contribution < -0.4 is 14.4 Å². The Bertz CT molecular complexity index is 1070. The van der Waals surface area contributed by atoms with Crippen molar-refractivity contribution in [2.24, 2.45) is 0 Å². The summed E-state index contributed by atoms with van der Waals surface area (Å²) in [5.41, 5.74) is 2.74. The third kappa shape index (κ3) is 3.15. The van der Waals surface area contributed by atoms with Crippen molar-refractivity contribution in [3.8, 4) is 11.5 Å². The van der Waals surface area contributed by atoms with Crippen LogP contribution in [-0.4, -0.2) is 40.7 Å². The number of imidazole rings is 1. The molecule has 144 valence electrons. The van der Waals surface area contributed by atoms with Crippen LogP contribution in [0.3, 0.4) is 0 Å². The summed E-state index contributed by atoms with van der Waals surface area (Å²) in [5, 5.41) is 19.1. The highest BCUT2D eigenvalue weighted by molar-refractivity contribution is 6.30. The van der Waals surface area contributed by atoms with E-state index in [1.807, 2.05) is 56.3 Å². The fourth-order valence-electron chi connectivity index (χ4n) is 3.26. The Morgan fingerprint density at radius 3 is 2.54 bits per heavy atom. The Labute approximate surface area is 162 Å². The number of methoxy groups -OCH3 is 1. The molecule has 0 saturated carbocycles. The molecule has 1 aliphatic rings. The molecule has 3 N–H and O–H groups in total. The van der Waals surface area contributed by atoms with Crippen molar-refractivity contribution >= 4 is 28.1 Å². The van der Waals surface area contributed by atoms with Crippen LogP contribution in [0.25, 0.3) is 16.6 Å². The zero-order valence-electron chi connectivity index (χ0n) is 16.0. The SMILES string of the molecule is COc1ccc2nc(C3=C(O)CN(c4ccc(OC(C)C)cc4)C3=N)[nH]c2c1. The molecule has 0 bridgehead atoms. The van der Waals surface area contributed by atoms with Gasteiger partial charge in [-0.25, -0.2) is 4.98 Å². The number of nitrogens with one attached hydrogen (secondary N) is 2. The number of nitrogens with zero attached hydrogens (tertiary/aromatic N) is 2. The zero-order chi connectivity index (χ0) is 19.8. The number of amidine groups is 1. The van der Waals surface area contributed by atoms with Gasteiger partial charge < -0.3 is 24.5 Å². The minimum Gasteiger partial charge on any atom is -0.509 e. The highest BCUT2D eigenvalue weighted by atomic mass is 16.5. The van der Waals surface area contributed by atoms with E-state index >= 15 is 0 Å². The number of benzene rings is 2. The molecule has 7 heteroatoms. The van der Waals surface area contributed by atoms with Crippen LogP contribution in [0.15, 0.2) is 48.2 Å². The van der Waals surface area contributed by atoms with E-state index in [4.69, 9.17) is 14.9 Å². The van der Waals surface area contributed by atoms with Crippen LogP contribution in [0, 0.1) is 5.41 Å². The van der Waals surface area contributed by atoms with Gasteiger partial charge >= 0.3 is 0 Å². The molecule has 0 saturated heterocycles. The van der Waals surface area contributed by atoms with Gasteiger partial charge in [-0.1, -0.05) is 0 Å². The van der Waals surface area contributed by atoms with Gasteiger partial charge in [0.1, 0.15) is 28.9 Å². The molecule has 0 unspecified atom stereocenters. The standard InChI is InChI=1S/C21H22N4O3/c1-12(2)28-14-6-4-13(5-7-14)25-11-18(26)19(20(25)22)21-23-16-9-8-15(27-3)10-17(16)24-21/h4-10,12,22,26H,11H2,1-3H3,(H,23,24). The Morgan fingerprint density at radius 1 is 1.14 bits per heavy atom. The topological polar surface area (TPSA) is 94.5 Å². The molecule has 0 atom stereocenters. The molecule has 2 aromatic carbocycles. The number of hydrogen-bond acceptors (Lipinski definition) is 5. The molecular formula is C21H22N4O3. The second kappa shape index (κ2) is 6.92. The third-order valence-corrected chi connectivity index (χ3v) is 4.55. The summed E-state index contributed by atoms with van der Waals surface area (Å²) in [7, 11) is 1.61. The molecule has 28 heavy (non-hydrogen) atoms. The first-order valence-electron chi connectivity index (χ1n) is 9.05. The Balaban J connectivity index is 1.61. The lowest BCUT2D eigenvalue weighted by Gasteiger charge is -2.19. The number of hydrogen-bond donors (Lipinski definition) is 3. The number of aromatic nitrogens is 2. The van der Waals surface area contributed by atoms with Crippen LogP contribution >= 0.6 is 0 Å². The monoisotopic (exact) mass is 378 g/mol. The van der Waals surface area contributed by atoms with Crippen LogP contribution in [0.2, 0.25) is 0 Å². The lowest BCUT2D eigenvalue weighted by atomic mass is 10.2. The molecule has 1 aromatic heterocycles. The van der Waals surface area contributed by atoms with E-state index in [0.29, 0.717) is 17.1 Å². The van der Waals surface area contributed by atoms with Crippen LogP contribution in [0.4, 0.5) is 5.69 Å². The number of aliphatic hydroxyl groups excluding tert-OH is 1. The molecule has 7 nitrogen and oxygen atoms in total. The summed E-state index contributed by atoms with van der Waals surface area (Å²) in [5.74, 6) is 2.26. The Hall–Kier alpha value is -3.48. The van der Waals surface area contributed by atoms with Crippen molar-refractivity contribution in [1.82, 2.24) is 9.97 Å². The summed E-state index contributed by atoms with van der Waals surface area (Å²) in [6.07, 6.45) is 0.0972. The second-order valence-corrected chi connectivity index (χ2v) is 6.89. The van der Waals surface area contributed by atoms with E-state index in [-0.39, 0.29) is 24.2 Å². The maximum Gasteiger partial charge on any atom is 0.145 e. The number of aromatic amines is 1. The van der Waals surface area contributed by atoms with Crippen molar-refractivity contribution < 1.29 is 14.6 Å². The van der Waals surface area contributed by atoms with Gasteiger partial charge in [0.25, 0.3) is 0 Å². The molecule has 0 spiro atoms. The third-order valence-electron chi connectivity index (χ3n) is 4.55. The summed E-state index contributed by atoms with van der Waals surface area (Å²) >= 11 is 0. The maximum atomic E-state index is 10.5. The number of H-pyrrole nitrogens is 1. The smallest absolute Gasteiger partial charge is 0.145 e. The van der Waals surface area contributed by atoms with E-state index in [2.05, 4.69) is 9.97 Å². The van der Waals surface area contributed by atoms with Crippen molar-refractivity contribution in [2.45, 2.75) is 20.0 Å². The predicted octanol–water partition coefficient (Wildman–Crippen LogP) is 4.13. The first kappa shape index (κ1) is 17.9. The molecule has 0 aliphatic carbocycles. The van der Waals surface area contributed by atoms with E-state index < -0.39 is 0 Å². The lowest BCUT2D eigenvalue weighted by Crippen LogP contribution is -2.26. The minimum absolute atomic E-state index is 0.0972. The average molecular weight is 378 g/mol. The van der Waals surface area contributed by atoms with Gasteiger partial charge in [0.2, 0.25) is 0 Å². The Kier molecular flexibility index (Phi) is 4.43. The first-order chi connectivity index (χ1) is 13.5. The van der Waals surface area contributed by atoms with Crippen LogP contribution in [0.1, 0.15) is 19.7 Å². The number of rotatable bonds is 5. The van der Waals surface area contributed by atoms with Crippen LogP contribution in [-0.2, 0) is 0 Å². The van der Waals surface area contributed by atoms with E-state index in [1.165, 1.54) is 0 Å². The van der Waals surface area contributed by atoms with Gasteiger partial charge in [-0.15, -0.1) is 0 Å². The quantitative estimate of drug-likeness (QED) is 0.621. The number of aliphatic hydroxyl groups is 1. The lowest BCUT2D eigenvalue weighted by molar-refractivity contribution is 0.242. The zero-order valence-corrected chi connectivity index (χ0v) is 16.0. The predicted molar refractivity (Wildman–Crippen MR) is 109 cm³/mol. The first-order valence-corrected chi connectivity index (χ1v) is 9.05. The average Bonchev–Trinajstić information content (AvgIpc) is 3.21. The minimum atomic E-state index is 0.0972. The molecule has 4 rings (SSSR count). The van der Waals surface area contributed by atoms with Crippen molar-refractivity contribution in [3.63, 3.8) is 0 Å². The number of fused-ring (bicyclic) bond motifs is 1. The molecule has 3 aromatic rings. The second-order valence-electron chi connectivity index (χ2n) is 6.89. The summed E-state index contributed by atoms with van der Waals surface area (Å²) < 4.78 is 10.9. The summed E-state index contributed by atoms with van der Waals surface area (Å²) in [6, 6.07) is 13.0. The highest BCUT2D eigenvalue weighted by Gasteiger charge is 2.31. The van der Waals surface area contributed by atoms with Gasteiger partial charge in [0.05, 0.1) is 36.4 Å². The molecule has 2 heterocycles. The molecule has 1 aliphatic heterocycles. The molecule has 0 amide bonds. The van der Waals surface area contributed by atoms with Gasteiger partial charge in [0.15, 0.2) is 0 Å². The summed E-state index contributed by atoms with van der Waals surface area (Å²) in [6.45, 7) is 4.17. The normalized spacial score (nSPS) is 14.4. The van der Waals surface area contributed by atoms with Crippen molar-refractivity contribution in [1.29, 1.82) is 5.41 Å². The van der Waals surface area contributed by atoms with E-state index in [9.17, 15) is 5.11 Å². The van der Waals surface area contributed by atoms with Crippen LogP contribution in [0.5, 0.6) is 11.5 Å². The molecule has 0 fully saturated rings. The number of ether oxygens (including phenoxy) is 2. The number of anilines is 1. The van der Waals surface area contributed by atoms with E-state index in [1.54, 1.807) is 12.0 Å². The fraction of sp³-hybridized carbons (Fsp3) is 0.238.